The van der Waals surface area contributed by atoms with Crippen LogP contribution in [-0.2, 0) is 27.2 Å². The van der Waals surface area contributed by atoms with Gasteiger partial charge in [0, 0.05) is 24.2 Å². The lowest BCUT2D eigenvalue weighted by Crippen LogP contribution is -2.12. The Hall–Kier alpha value is -2.28. The minimum absolute atomic E-state index is 0.110. The quantitative estimate of drug-likeness (QED) is 0.823. The Balaban J connectivity index is 1.81. The summed E-state index contributed by atoms with van der Waals surface area (Å²) >= 11 is 1.29. The Morgan fingerprint density at radius 1 is 1.43 bits per heavy atom. The second-order valence-electron chi connectivity index (χ2n) is 4.31. The lowest BCUT2D eigenvalue weighted by Gasteiger charge is -2.01. The van der Waals surface area contributed by atoms with E-state index in [-0.39, 0.29) is 18.3 Å². The van der Waals surface area contributed by atoms with Crippen LogP contribution in [-0.4, -0.2) is 29.0 Å². The Kier molecular flexibility index (Phi) is 5.39. The molecule has 0 atom stereocenters. The van der Waals surface area contributed by atoms with Crippen molar-refractivity contribution in [2.75, 3.05) is 12.4 Å². The highest BCUT2D eigenvalue weighted by molar-refractivity contribution is 7.13. The first-order valence-corrected chi connectivity index (χ1v) is 7.25. The topological polar surface area (TPSA) is 81.2 Å². The fraction of sp³-hybridized carbons (Fsp3) is 0.286. The number of amides is 1. The average Bonchev–Trinajstić information content (AvgIpc) is 2.93. The van der Waals surface area contributed by atoms with Crippen LogP contribution in [0.2, 0.25) is 0 Å². The number of carbonyl (C=O) groups excluding carboxylic acids is 2. The zero-order valence-corrected chi connectivity index (χ0v) is 12.4. The van der Waals surface area contributed by atoms with Gasteiger partial charge in [-0.3, -0.25) is 14.6 Å². The van der Waals surface area contributed by atoms with Gasteiger partial charge in [0.2, 0.25) is 5.91 Å². The molecule has 2 heterocycles. The largest absolute Gasteiger partial charge is 0.469 e. The molecule has 0 aliphatic carbocycles. The van der Waals surface area contributed by atoms with Crippen LogP contribution >= 0.6 is 11.3 Å². The van der Waals surface area contributed by atoms with E-state index >= 15 is 0 Å². The van der Waals surface area contributed by atoms with Crippen LogP contribution in [0.4, 0.5) is 5.13 Å². The molecule has 0 aliphatic heterocycles. The second kappa shape index (κ2) is 7.49. The monoisotopic (exact) mass is 305 g/mol. The van der Waals surface area contributed by atoms with Crippen molar-refractivity contribution in [1.82, 2.24) is 9.97 Å². The number of pyridine rings is 1. The van der Waals surface area contributed by atoms with E-state index in [9.17, 15) is 9.59 Å². The van der Waals surface area contributed by atoms with Crippen LogP contribution in [0.3, 0.4) is 0 Å². The average molecular weight is 305 g/mol. The Labute approximate surface area is 126 Å². The van der Waals surface area contributed by atoms with Crippen molar-refractivity contribution in [3.05, 3.63) is 41.2 Å². The van der Waals surface area contributed by atoms with Gasteiger partial charge in [0.1, 0.15) is 0 Å². The van der Waals surface area contributed by atoms with Crippen molar-refractivity contribution < 1.29 is 14.3 Å². The highest BCUT2D eigenvalue weighted by Crippen LogP contribution is 2.16. The maximum atomic E-state index is 11.8. The number of hydrogen-bond donors (Lipinski definition) is 1. The molecule has 0 fully saturated rings. The summed E-state index contributed by atoms with van der Waals surface area (Å²) in [4.78, 5) is 31.1. The number of thiazole rings is 1. The molecule has 0 aromatic carbocycles. The molecule has 1 N–H and O–H groups in total. The van der Waals surface area contributed by atoms with E-state index in [1.54, 1.807) is 17.8 Å². The summed E-state index contributed by atoms with van der Waals surface area (Å²) in [5, 5.41) is 4.94. The van der Waals surface area contributed by atoms with E-state index in [1.807, 2.05) is 12.1 Å². The van der Waals surface area contributed by atoms with Crippen molar-refractivity contribution in [3.63, 3.8) is 0 Å². The molecule has 0 saturated carbocycles. The molecule has 1 amide bonds. The molecule has 0 radical (unpaired) electrons. The standard InChI is InChI=1S/C14H15N3O3S/c1-20-13(19)7-11-9-21-14(16-11)17-12(18)5-4-10-3-2-6-15-8-10/h2-3,6,8-9H,4-5,7H2,1H3,(H,16,17,18). The Morgan fingerprint density at radius 2 is 2.29 bits per heavy atom. The molecule has 0 saturated heterocycles. The highest BCUT2D eigenvalue weighted by Gasteiger charge is 2.10. The molecule has 6 nitrogen and oxygen atoms in total. The van der Waals surface area contributed by atoms with Gasteiger partial charge in [-0.15, -0.1) is 11.3 Å². The number of esters is 1. The molecule has 21 heavy (non-hydrogen) atoms. The van der Waals surface area contributed by atoms with Gasteiger partial charge in [0.15, 0.2) is 5.13 Å². The molecule has 110 valence electrons. The van der Waals surface area contributed by atoms with Crippen molar-refractivity contribution in [1.29, 1.82) is 0 Å². The predicted molar refractivity (Wildman–Crippen MR) is 79.0 cm³/mol. The summed E-state index contributed by atoms with van der Waals surface area (Å²) in [6.45, 7) is 0. The van der Waals surface area contributed by atoms with Gasteiger partial charge in [-0.1, -0.05) is 6.07 Å². The van der Waals surface area contributed by atoms with E-state index in [1.165, 1.54) is 18.4 Å². The number of hydrogen-bond acceptors (Lipinski definition) is 6. The summed E-state index contributed by atoms with van der Waals surface area (Å²) < 4.78 is 4.56. The first kappa shape index (κ1) is 15.1. The van der Waals surface area contributed by atoms with Crippen molar-refractivity contribution in [2.45, 2.75) is 19.3 Å². The number of nitrogens with zero attached hydrogens (tertiary/aromatic N) is 2. The number of carbonyl (C=O) groups is 2. The molecular weight excluding hydrogens is 290 g/mol. The third-order valence-electron chi connectivity index (χ3n) is 2.71. The number of methoxy groups -OCH3 is 1. The van der Waals surface area contributed by atoms with E-state index < -0.39 is 0 Å². The maximum absolute atomic E-state index is 11.8. The molecular formula is C14H15N3O3S. The first-order chi connectivity index (χ1) is 10.2. The van der Waals surface area contributed by atoms with Gasteiger partial charge >= 0.3 is 5.97 Å². The molecule has 0 aliphatic rings. The fourth-order valence-corrected chi connectivity index (χ4v) is 2.38. The number of aromatic nitrogens is 2. The third-order valence-corrected chi connectivity index (χ3v) is 3.52. The van der Waals surface area contributed by atoms with Crippen molar-refractivity contribution in [3.8, 4) is 0 Å². The van der Waals surface area contributed by atoms with Crippen LogP contribution in [0.25, 0.3) is 0 Å². The molecule has 7 heteroatoms. The SMILES string of the molecule is COC(=O)Cc1csc(NC(=O)CCc2cccnc2)n1. The number of aryl methyl sites for hydroxylation is 1. The Bertz CT molecular complexity index is 613. The maximum Gasteiger partial charge on any atom is 0.311 e. The fourth-order valence-electron chi connectivity index (χ4n) is 1.65. The van der Waals surface area contributed by atoms with Gasteiger partial charge in [-0.2, -0.15) is 0 Å². The molecule has 2 aromatic heterocycles. The number of anilines is 1. The number of rotatable bonds is 6. The zero-order valence-electron chi connectivity index (χ0n) is 11.5. The van der Waals surface area contributed by atoms with Crippen molar-refractivity contribution in [2.24, 2.45) is 0 Å². The second-order valence-corrected chi connectivity index (χ2v) is 5.16. The van der Waals surface area contributed by atoms with E-state index in [4.69, 9.17) is 0 Å². The summed E-state index contributed by atoms with van der Waals surface area (Å²) in [5.74, 6) is -0.465. The Morgan fingerprint density at radius 3 is 3.00 bits per heavy atom. The molecule has 2 aromatic rings. The van der Waals surface area contributed by atoms with Gasteiger partial charge in [0.05, 0.1) is 19.2 Å². The van der Waals surface area contributed by atoms with Crippen LogP contribution in [0, 0.1) is 0 Å². The molecule has 0 spiro atoms. The molecule has 0 unspecified atom stereocenters. The molecule has 0 bridgehead atoms. The highest BCUT2D eigenvalue weighted by atomic mass is 32.1. The number of nitrogens with one attached hydrogen (secondary N) is 1. The van der Waals surface area contributed by atoms with E-state index in [0.717, 1.165) is 5.56 Å². The van der Waals surface area contributed by atoms with Gasteiger partial charge in [-0.05, 0) is 18.1 Å². The van der Waals surface area contributed by atoms with Crippen LogP contribution in [0.15, 0.2) is 29.9 Å². The predicted octanol–water partition coefficient (Wildman–Crippen LogP) is 1.82. The lowest BCUT2D eigenvalue weighted by molar-refractivity contribution is -0.139. The lowest BCUT2D eigenvalue weighted by atomic mass is 10.1. The molecule has 2 rings (SSSR count). The minimum Gasteiger partial charge on any atom is -0.469 e. The van der Waals surface area contributed by atoms with Gasteiger partial charge in [0.25, 0.3) is 0 Å². The van der Waals surface area contributed by atoms with Crippen LogP contribution in [0.1, 0.15) is 17.7 Å². The number of ether oxygens (including phenoxy) is 1. The van der Waals surface area contributed by atoms with Gasteiger partial charge in [-0.25, -0.2) is 4.98 Å². The zero-order chi connectivity index (χ0) is 15.1. The third kappa shape index (κ3) is 4.96. The van der Waals surface area contributed by atoms with Gasteiger partial charge < -0.3 is 10.1 Å². The summed E-state index contributed by atoms with van der Waals surface area (Å²) in [6, 6.07) is 3.77. The van der Waals surface area contributed by atoms with Crippen LogP contribution < -0.4 is 5.32 Å². The first-order valence-electron chi connectivity index (χ1n) is 6.37. The van der Waals surface area contributed by atoms with Crippen LogP contribution in [0.5, 0.6) is 0 Å². The van der Waals surface area contributed by atoms with E-state index in [0.29, 0.717) is 23.7 Å². The minimum atomic E-state index is -0.352. The summed E-state index contributed by atoms with van der Waals surface area (Å²) in [6.07, 6.45) is 4.53. The normalized spacial score (nSPS) is 10.1. The summed E-state index contributed by atoms with van der Waals surface area (Å²) in [5.41, 5.74) is 1.60. The smallest absolute Gasteiger partial charge is 0.311 e. The van der Waals surface area contributed by atoms with Crippen molar-refractivity contribution >= 4 is 28.3 Å². The van der Waals surface area contributed by atoms with E-state index in [2.05, 4.69) is 20.0 Å². The summed E-state index contributed by atoms with van der Waals surface area (Å²) in [7, 11) is 1.33.